The highest BCUT2D eigenvalue weighted by molar-refractivity contribution is 8.18. The predicted octanol–water partition coefficient (Wildman–Crippen LogP) is 3.56. The van der Waals surface area contributed by atoms with E-state index in [-0.39, 0.29) is 23.6 Å². The van der Waals surface area contributed by atoms with Crippen molar-refractivity contribution < 1.29 is 14.4 Å². The number of carbonyl (C=O) groups excluding carboxylic acids is 3. The van der Waals surface area contributed by atoms with Crippen LogP contribution in [0.2, 0.25) is 0 Å². The van der Waals surface area contributed by atoms with E-state index in [9.17, 15) is 14.4 Å². The predicted molar refractivity (Wildman–Crippen MR) is 107 cm³/mol. The van der Waals surface area contributed by atoms with Gasteiger partial charge in [0.15, 0.2) is 0 Å². The molecule has 7 heteroatoms. The van der Waals surface area contributed by atoms with Crippen molar-refractivity contribution in [2.45, 2.75) is 53.0 Å². The number of hydrogen-bond acceptors (Lipinski definition) is 4. The van der Waals surface area contributed by atoms with E-state index in [1.165, 1.54) is 0 Å². The maximum Gasteiger partial charge on any atom is 0.294 e. The Morgan fingerprint density at radius 3 is 2.41 bits per heavy atom. The summed E-state index contributed by atoms with van der Waals surface area (Å²) in [6.07, 6.45) is 6.01. The number of rotatable bonds is 4. The molecule has 2 fully saturated rings. The maximum atomic E-state index is 12.7. The Morgan fingerprint density at radius 2 is 1.81 bits per heavy atom. The highest BCUT2D eigenvalue weighted by atomic mass is 32.2. The van der Waals surface area contributed by atoms with Gasteiger partial charge in [0, 0.05) is 31.0 Å². The van der Waals surface area contributed by atoms with Crippen LogP contribution in [0.5, 0.6) is 0 Å². The molecule has 0 atom stereocenters. The molecule has 0 saturated carbocycles. The van der Waals surface area contributed by atoms with Gasteiger partial charge in [-0.05, 0) is 63.1 Å². The third-order valence-corrected chi connectivity index (χ3v) is 6.25. The summed E-state index contributed by atoms with van der Waals surface area (Å²) in [5.41, 5.74) is 3.14. The van der Waals surface area contributed by atoms with E-state index < -0.39 is 0 Å². The van der Waals surface area contributed by atoms with Gasteiger partial charge in [0.1, 0.15) is 6.54 Å². The molecule has 0 N–H and O–H groups in total. The summed E-state index contributed by atoms with van der Waals surface area (Å²) in [5, 5.41) is -0.362. The van der Waals surface area contributed by atoms with Crippen molar-refractivity contribution in [1.82, 2.24) is 14.4 Å². The smallest absolute Gasteiger partial charge is 0.294 e. The third kappa shape index (κ3) is 4.13. The molecule has 0 unspecified atom stereocenters. The van der Waals surface area contributed by atoms with Gasteiger partial charge in [-0.15, -0.1) is 0 Å². The summed E-state index contributed by atoms with van der Waals surface area (Å²) in [5.74, 6) is -0.501. The van der Waals surface area contributed by atoms with Crippen molar-refractivity contribution in [3.05, 3.63) is 27.9 Å². The molecule has 3 amide bonds. The van der Waals surface area contributed by atoms with Gasteiger partial charge < -0.3 is 9.47 Å². The van der Waals surface area contributed by atoms with E-state index in [0.717, 1.165) is 65.8 Å². The average molecular weight is 390 g/mol. The molecule has 0 aromatic carbocycles. The van der Waals surface area contributed by atoms with Crippen molar-refractivity contribution in [2.75, 3.05) is 19.6 Å². The molecule has 27 heavy (non-hydrogen) atoms. The minimum absolute atomic E-state index is 0.135. The number of nitrogens with zero attached hydrogens (tertiary/aromatic N) is 3. The Labute approximate surface area is 164 Å². The van der Waals surface area contributed by atoms with Crippen molar-refractivity contribution >= 4 is 34.9 Å². The number of carbonyl (C=O) groups is 3. The molecule has 1 aromatic rings. The van der Waals surface area contributed by atoms with Crippen LogP contribution < -0.4 is 0 Å². The molecule has 2 saturated heterocycles. The normalized spacial score (nSPS) is 19.9. The van der Waals surface area contributed by atoms with Gasteiger partial charge in [-0.3, -0.25) is 19.3 Å². The number of thioether (sulfide) groups is 1. The summed E-state index contributed by atoms with van der Waals surface area (Å²) in [6, 6.07) is 2.02. The van der Waals surface area contributed by atoms with Crippen molar-refractivity contribution in [2.24, 2.45) is 0 Å². The molecule has 6 nitrogen and oxygen atoms in total. The van der Waals surface area contributed by atoms with Crippen LogP contribution >= 0.6 is 11.8 Å². The summed E-state index contributed by atoms with van der Waals surface area (Å²) in [7, 11) is 0. The Hall–Kier alpha value is -2.02. The maximum absolute atomic E-state index is 12.7. The van der Waals surface area contributed by atoms with Gasteiger partial charge >= 0.3 is 0 Å². The van der Waals surface area contributed by atoms with E-state index in [2.05, 4.69) is 11.5 Å². The van der Waals surface area contributed by atoms with E-state index in [1.807, 2.05) is 19.9 Å². The minimum atomic E-state index is -0.366. The lowest BCUT2D eigenvalue weighted by Gasteiger charge is -2.22. The van der Waals surface area contributed by atoms with Crippen LogP contribution in [0.25, 0.3) is 6.08 Å². The first-order valence-corrected chi connectivity index (χ1v) is 10.4. The van der Waals surface area contributed by atoms with Crippen LogP contribution in [0.1, 0.15) is 49.6 Å². The Morgan fingerprint density at radius 1 is 1.15 bits per heavy atom. The Balaban J connectivity index is 1.74. The number of hydrogen-bond donors (Lipinski definition) is 0. The van der Waals surface area contributed by atoms with E-state index in [0.29, 0.717) is 18.0 Å². The van der Waals surface area contributed by atoms with Gasteiger partial charge in [0.05, 0.1) is 4.91 Å². The van der Waals surface area contributed by atoms with Crippen LogP contribution in [0.3, 0.4) is 0 Å². The van der Waals surface area contributed by atoms with Gasteiger partial charge in [0.2, 0.25) is 5.91 Å². The molecule has 0 bridgehead atoms. The van der Waals surface area contributed by atoms with Gasteiger partial charge in [-0.25, -0.2) is 0 Å². The standard InChI is InChI=1S/C20H27N3O3S/c1-4-22-14(2)11-16(15(22)3)12-17-19(25)23(20(26)27-17)13-18(24)21-9-7-5-6-8-10-21/h11-12H,4-10,13H2,1-3H3. The molecule has 0 aliphatic carbocycles. The Bertz CT molecular complexity index is 789. The number of amides is 3. The molecule has 0 radical (unpaired) electrons. The summed E-state index contributed by atoms with van der Waals surface area (Å²) in [4.78, 5) is 40.9. The minimum Gasteiger partial charge on any atom is -0.349 e. The van der Waals surface area contributed by atoms with Gasteiger partial charge in [0.25, 0.3) is 11.1 Å². The lowest BCUT2D eigenvalue weighted by Crippen LogP contribution is -2.42. The van der Waals surface area contributed by atoms with E-state index in [4.69, 9.17) is 0 Å². The number of imide groups is 1. The average Bonchev–Trinajstić information content (AvgIpc) is 2.94. The fraction of sp³-hybridized carbons (Fsp3) is 0.550. The van der Waals surface area contributed by atoms with Crippen LogP contribution in [-0.2, 0) is 16.1 Å². The molecular weight excluding hydrogens is 362 g/mol. The molecule has 2 aliphatic rings. The second kappa shape index (κ2) is 8.33. The molecule has 2 aliphatic heterocycles. The summed E-state index contributed by atoms with van der Waals surface area (Å²) >= 11 is 0.919. The highest BCUT2D eigenvalue weighted by Crippen LogP contribution is 2.33. The molecule has 0 spiro atoms. The first-order valence-electron chi connectivity index (χ1n) is 9.62. The van der Waals surface area contributed by atoms with Gasteiger partial charge in [-0.1, -0.05) is 12.8 Å². The first-order chi connectivity index (χ1) is 12.9. The van der Waals surface area contributed by atoms with Crippen molar-refractivity contribution in [1.29, 1.82) is 0 Å². The largest absolute Gasteiger partial charge is 0.349 e. The fourth-order valence-electron chi connectivity index (χ4n) is 3.79. The zero-order valence-electron chi connectivity index (χ0n) is 16.3. The zero-order chi connectivity index (χ0) is 19.6. The summed E-state index contributed by atoms with van der Waals surface area (Å²) < 4.78 is 2.17. The zero-order valence-corrected chi connectivity index (χ0v) is 17.1. The van der Waals surface area contributed by atoms with Crippen LogP contribution in [0, 0.1) is 13.8 Å². The topological polar surface area (TPSA) is 62.6 Å². The van der Waals surface area contributed by atoms with Crippen molar-refractivity contribution in [3.8, 4) is 0 Å². The second-order valence-electron chi connectivity index (χ2n) is 7.13. The van der Waals surface area contributed by atoms with Crippen LogP contribution in [-0.4, -0.2) is 51.1 Å². The van der Waals surface area contributed by atoms with Crippen molar-refractivity contribution in [3.63, 3.8) is 0 Å². The number of aromatic nitrogens is 1. The van der Waals surface area contributed by atoms with E-state index >= 15 is 0 Å². The number of aryl methyl sites for hydroxylation is 1. The lowest BCUT2D eigenvalue weighted by molar-refractivity contribution is -0.135. The van der Waals surface area contributed by atoms with E-state index in [1.54, 1.807) is 11.0 Å². The monoisotopic (exact) mass is 389 g/mol. The molecule has 3 heterocycles. The molecular formula is C20H27N3O3S. The quantitative estimate of drug-likeness (QED) is 0.739. The molecule has 146 valence electrons. The molecule has 1 aromatic heterocycles. The lowest BCUT2D eigenvalue weighted by atomic mass is 10.2. The molecule has 3 rings (SSSR count). The first kappa shape index (κ1) is 19.7. The fourth-order valence-corrected chi connectivity index (χ4v) is 4.62. The third-order valence-electron chi connectivity index (χ3n) is 5.34. The van der Waals surface area contributed by atoms with Crippen LogP contribution in [0.4, 0.5) is 4.79 Å². The number of likely N-dealkylation sites (tertiary alicyclic amines) is 1. The summed E-state index contributed by atoms with van der Waals surface area (Å²) in [6.45, 7) is 8.25. The second-order valence-corrected chi connectivity index (χ2v) is 8.13. The van der Waals surface area contributed by atoms with Crippen LogP contribution in [0.15, 0.2) is 11.0 Å². The SMILES string of the molecule is CCn1c(C)cc(C=C2SC(=O)N(CC(=O)N3CCCCCC3)C2=O)c1C. The van der Waals surface area contributed by atoms with Gasteiger partial charge in [-0.2, -0.15) is 0 Å². The highest BCUT2D eigenvalue weighted by Gasteiger charge is 2.37. The Kier molecular flexibility index (Phi) is 6.09.